The lowest BCUT2D eigenvalue weighted by atomic mass is 9.95. The molecule has 8 heteroatoms. The molecule has 29 heavy (non-hydrogen) atoms. The van der Waals surface area contributed by atoms with Crippen molar-refractivity contribution in [2.45, 2.75) is 18.8 Å². The highest BCUT2D eigenvalue weighted by atomic mass is 16.5. The van der Waals surface area contributed by atoms with Crippen molar-refractivity contribution in [3.8, 4) is 17.4 Å². The SMILES string of the molecule is COc1cccc(Oc2cncc(C3CCCN(C(=O)c4cnccn4)C3)n2)c1. The van der Waals surface area contributed by atoms with Crippen LogP contribution in [0.3, 0.4) is 0 Å². The van der Waals surface area contributed by atoms with E-state index >= 15 is 0 Å². The van der Waals surface area contributed by atoms with Crippen molar-refractivity contribution in [1.29, 1.82) is 0 Å². The molecular weight excluding hydrogens is 370 g/mol. The molecule has 8 nitrogen and oxygen atoms in total. The summed E-state index contributed by atoms with van der Waals surface area (Å²) in [7, 11) is 1.61. The van der Waals surface area contributed by atoms with E-state index in [0.29, 0.717) is 36.2 Å². The van der Waals surface area contributed by atoms with E-state index in [4.69, 9.17) is 9.47 Å². The van der Waals surface area contributed by atoms with Gasteiger partial charge in [-0.15, -0.1) is 0 Å². The fourth-order valence-corrected chi connectivity index (χ4v) is 3.37. The Balaban J connectivity index is 1.48. The molecule has 1 fully saturated rings. The quantitative estimate of drug-likeness (QED) is 0.660. The maximum absolute atomic E-state index is 12.7. The predicted molar refractivity (Wildman–Crippen MR) is 105 cm³/mol. The number of amides is 1. The number of methoxy groups -OCH3 is 1. The molecule has 1 unspecified atom stereocenters. The van der Waals surface area contributed by atoms with Crippen molar-refractivity contribution in [2.75, 3.05) is 20.2 Å². The highest BCUT2D eigenvalue weighted by Crippen LogP contribution is 2.28. The van der Waals surface area contributed by atoms with Crippen molar-refractivity contribution < 1.29 is 14.3 Å². The van der Waals surface area contributed by atoms with Gasteiger partial charge >= 0.3 is 0 Å². The molecule has 0 aliphatic carbocycles. The van der Waals surface area contributed by atoms with Crippen LogP contribution < -0.4 is 9.47 Å². The van der Waals surface area contributed by atoms with Crippen LogP contribution in [0.15, 0.2) is 55.2 Å². The number of hydrogen-bond acceptors (Lipinski definition) is 7. The van der Waals surface area contributed by atoms with Gasteiger partial charge in [0.05, 0.1) is 25.2 Å². The first-order valence-electron chi connectivity index (χ1n) is 9.42. The molecule has 2 aromatic heterocycles. The maximum Gasteiger partial charge on any atom is 0.274 e. The molecule has 148 valence electrons. The van der Waals surface area contributed by atoms with Gasteiger partial charge in [0.1, 0.15) is 17.2 Å². The zero-order valence-electron chi connectivity index (χ0n) is 16.1. The van der Waals surface area contributed by atoms with Crippen LogP contribution in [0.2, 0.25) is 0 Å². The first-order chi connectivity index (χ1) is 14.2. The van der Waals surface area contributed by atoms with E-state index in [0.717, 1.165) is 18.5 Å². The number of hydrogen-bond donors (Lipinski definition) is 0. The summed E-state index contributed by atoms with van der Waals surface area (Å²) in [6.45, 7) is 1.26. The molecule has 1 amide bonds. The van der Waals surface area contributed by atoms with Gasteiger partial charge in [-0.25, -0.2) is 9.97 Å². The lowest BCUT2D eigenvalue weighted by Gasteiger charge is -2.32. The second kappa shape index (κ2) is 8.64. The van der Waals surface area contributed by atoms with Crippen LogP contribution >= 0.6 is 0 Å². The summed E-state index contributed by atoms with van der Waals surface area (Å²) in [5, 5.41) is 0. The van der Waals surface area contributed by atoms with Gasteiger partial charge < -0.3 is 14.4 Å². The number of likely N-dealkylation sites (tertiary alicyclic amines) is 1. The van der Waals surface area contributed by atoms with Gasteiger partial charge in [0.15, 0.2) is 0 Å². The summed E-state index contributed by atoms with van der Waals surface area (Å²) >= 11 is 0. The zero-order valence-corrected chi connectivity index (χ0v) is 16.1. The molecule has 4 rings (SSSR count). The van der Waals surface area contributed by atoms with E-state index in [2.05, 4.69) is 19.9 Å². The second-order valence-electron chi connectivity index (χ2n) is 6.74. The number of aromatic nitrogens is 4. The lowest BCUT2D eigenvalue weighted by molar-refractivity contribution is 0.0699. The van der Waals surface area contributed by atoms with Crippen molar-refractivity contribution >= 4 is 5.91 Å². The van der Waals surface area contributed by atoms with E-state index in [1.54, 1.807) is 36.7 Å². The van der Waals surface area contributed by atoms with Crippen LogP contribution in [-0.2, 0) is 0 Å². The molecule has 0 radical (unpaired) electrons. The minimum atomic E-state index is -0.112. The summed E-state index contributed by atoms with van der Waals surface area (Å²) in [4.78, 5) is 31.5. The smallest absolute Gasteiger partial charge is 0.274 e. The molecule has 0 spiro atoms. The lowest BCUT2D eigenvalue weighted by Crippen LogP contribution is -2.39. The monoisotopic (exact) mass is 391 g/mol. The molecule has 1 aliphatic heterocycles. The highest BCUT2D eigenvalue weighted by molar-refractivity contribution is 5.92. The minimum absolute atomic E-state index is 0.0886. The van der Waals surface area contributed by atoms with E-state index in [1.165, 1.54) is 12.4 Å². The van der Waals surface area contributed by atoms with E-state index in [9.17, 15) is 4.79 Å². The van der Waals surface area contributed by atoms with Gasteiger partial charge in [-0.1, -0.05) is 6.07 Å². The summed E-state index contributed by atoms with van der Waals surface area (Å²) < 4.78 is 11.1. The normalized spacial score (nSPS) is 16.3. The average molecular weight is 391 g/mol. The maximum atomic E-state index is 12.7. The van der Waals surface area contributed by atoms with Gasteiger partial charge in [0, 0.05) is 43.7 Å². The Morgan fingerprint density at radius 3 is 2.86 bits per heavy atom. The molecule has 0 saturated carbocycles. The predicted octanol–water partition coefficient (Wildman–Crippen LogP) is 3.09. The third kappa shape index (κ3) is 4.48. The molecule has 1 aliphatic rings. The fourth-order valence-electron chi connectivity index (χ4n) is 3.37. The Morgan fingerprint density at radius 2 is 2.03 bits per heavy atom. The standard InChI is InChI=1S/C21H21N5O3/c1-28-16-5-2-6-17(10-16)29-20-13-23-11-18(25-20)15-4-3-9-26(14-15)21(27)19-12-22-7-8-24-19/h2,5-8,10-13,15H,3-4,9,14H2,1H3. The second-order valence-corrected chi connectivity index (χ2v) is 6.74. The van der Waals surface area contributed by atoms with Crippen molar-refractivity contribution in [1.82, 2.24) is 24.8 Å². The summed E-state index contributed by atoms with van der Waals surface area (Å²) in [5.41, 5.74) is 1.16. The Bertz CT molecular complexity index is 983. The number of carbonyl (C=O) groups is 1. The van der Waals surface area contributed by atoms with E-state index in [-0.39, 0.29) is 11.8 Å². The number of nitrogens with zero attached hydrogens (tertiary/aromatic N) is 5. The van der Waals surface area contributed by atoms with E-state index in [1.807, 2.05) is 18.2 Å². The topological polar surface area (TPSA) is 90.3 Å². The Morgan fingerprint density at radius 1 is 1.14 bits per heavy atom. The molecule has 3 heterocycles. The highest BCUT2D eigenvalue weighted by Gasteiger charge is 2.27. The first kappa shape index (κ1) is 18.8. The summed E-state index contributed by atoms with van der Waals surface area (Å²) in [5.74, 6) is 1.72. The summed E-state index contributed by atoms with van der Waals surface area (Å²) in [6.07, 6.45) is 9.71. The number of carbonyl (C=O) groups excluding carboxylic acids is 1. The Labute approximate surface area is 168 Å². The third-order valence-corrected chi connectivity index (χ3v) is 4.80. The number of piperidine rings is 1. The molecule has 0 N–H and O–H groups in total. The van der Waals surface area contributed by atoms with Crippen LogP contribution in [0.25, 0.3) is 0 Å². The number of ether oxygens (including phenoxy) is 2. The molecule has 0 bridgehead atoms. The molecule has 3 aromatic rings. The van der Waals surface area contributed by atoms with Crippen LogP contribution in [-0.4, -0.2) is 50.9 Å². The molecular formula is C21H21N5O3. The molecule has 1 atom stereocenters. The van der Waals surface area contributed by atoms with Crippen LogP contribution in [0.5, 0.6) is 17.4 Å². The van der Waals surface area contributed by atoms with Gasteiger partial charge in [-0.2, -0.15) is 0 Å². The molecule has 1 aromatic carbocycles. The Kier molecular flexibility index (Phi) is 5.60. The van der Waals surface area contributed by atoms with Crippen molar-refractivity contribution in [2.24, 2.45) is 0 Å². The van der Waals surface area contributed by atoms with E-state index < -0.39 is 0 Å². The molecule has 1 saturated heterocycles. The summed E-state index contributed by atoms with van der Waals surface area (Å²) in [6, 6.07) is 7.32. The van der Waals surface area contributed by atoms with Crippen molar-refractivity contribution in [3.05, 3.63) is 66.6 Å². The fraction of sp³-hybridized carbons (Fsp3) is 0.286. The first-order valence-corrected chi connectivity index (χ1v) is 9.42. The van der Waals surface area contributed by atoms with Crippen LogP contribution in [0.4, 0.5) is 0 Å². The van der Waals surface area contributed by atoms with Crippen molar-refractivity contribution in [3.63, 3.8) is 0 Å². The Hall–Kier alpha value is -3.55. The van der Waals surface area contributed by atoms with Crippen LogP contribution in [0.1, 0.15) is 34.9 Å². The van der Waals surface area contributed by atoms with Crippen LogP contribution in [0, 0.1) is 0 Å². The average Bonchev–Trinajstić information content (AvgIpc) is 2.79. The number of benzene rings is 1. The zero-order chi connectivity index (χ0) is 20.1. The minimum Gasteiger partial charge on any atom is -0.497 e. The van der Waals surface area contributed by atoms with Gasteiger partial charge in [0.25, 0.3) is 5.91 Å². The number of rotatable bonds is 5. The third-order valence-electron chi connectivity index (χ3n) is 4.80. The van der Waals surface area contributed by atoms with Gasteiger partial charge in [-0.05, 0) is 25.0 Å². The van der Waals surface area contributed by atoms with Gasteiger partial charge in [-0.3, -0.25) is 14.8 Å². The largest absolute Gasteiger partial charge is 0.497 e. The van der Waals surface area contributed by atoms with Gasteiger partial charge in [0.2, 0.25) is 5.88 Å².